The maximum Gasteiger partial charge on any atom is 0.334 e. The second-order valence-corrected chi connectivity index (χ2v) is 3.19. The SMILES string of the molecule is Nc1ccc(C(=O)NCC(O)C(=O)O)cc1. The first-order valence-electron chi connectivity index (χ1n) is 4.55. The molecule has 6 heteroatoms. The number of rotatable bonds is 4. The van der Waals surface area contributed by atoms with Crippen LogP contribution >= 0.6 is 0 Å². The van der Waals surface area contributed by atoms with Crippen LogP contribution in [-0.4, -0.2) is 34.7 Å². The molecule has 1 aromatic carbocycles. The van der Waals surface area contributed by atoms with E-state index in [0.717, 1.165) is 0 Å². The summed E-state index contributed by atoms with van der Waals surface area (Å²) in [6, 6.07) is 6.14. The van der Waals surface area contributed by atoms with Gasteiger partial charge in [0.05, 0.1) is 6.54 Å². The van der Waals surface area contributed by atoms with Crippen molar-refractivity contribution >= 4 is 17.6 Å². The van der Waals surface area contributed by atoms with Crippen LogP contribution in [0.3, 0.4) is 0 Å². The van der Waals surface area contributed by atoms with E-state index in [4.69, 9.17) is 15.9 Å². The molecule has 5 N–H and O–H groups in total. The van der Waals surface area contributed by atoms with Gasteiger partial charge in [0.25, 0.3) is 5.91 Å². The summed E-state index contributed by atoms with van der Waals surface area (Å²) >= 11 is 0. The van der Waals surface area contributed by atoms with Crippen molar-refractivity contribution in [2.24, 2.45) is 0 Å². The van der Waals surface area contributed by atoms with Crippen LogP contribution < -0.4 is 11.1 Å². The smallest absolute Gasteiger partial charge is 0.334 e. The van der Waals surface area contributed by atoms with Crippen LogP contribution in [0.5, 0.6) is 0 Å². The number of carboxylic acids is 1. The predicted octanol–water partition coefficient (Wildman–Crippen LogP) is -0.556. The van der Waals surface area contributed by atoms with Gasteiger partial charge in [-0.2, -0.15) is 0 Å². The summed E-state index contributed by atoms with van der Waals surface area (Å²) in [4.78, 5) is 21.7. The highest BCUT2D eigenvalue weighted by molar-refractivity contribution is 5.94. The van der Waals surface area contributed by atoms with Crippen LogP contribution in [0.15, 0.2) is 24.3 Å². The Labute approximate surface area is 91.7 Å². The minimum atomic E-state index is -1.60. The summed E-state index contributed by atoms with van der Waals surface area (Å²) < 4.78 is 0. The monoisotopic (exact) mass is 224 g/mol. The van der Waals surface area contributed by atoms with Crippen LogP contribution in [0.4, 0.5) is 5.69 Å². The van der Waals surface area contributed by atoms with Gasteiger partial charge in [0.1, 0.15) is 0 Å². The Morgan fingerprint density at radius 1 is 1.31 bits per heavy atom. The fraction of sp³-hybridized carbons (Fsp3) is 0.200. The lowest BCUT2D eigenvalue weighted by atomic mass is 10.2. The molecule has 0 fully saturated rings. The molecule has 1 unspecified atom stereocenters. The number of aliphatic hydroxyl groups excluding tert-OH is 1. The number of nitrogens with two attached hydrogens (primary N) is 1. The van der Waals surface area contributed by atoms with Gasteiger partial charge in [-0.3, -0.25) is 4.79 Å². The molecule has 1 aromatic rings. The lowest BCUT2D eigenvalue weighted by molar-refractivity contribution is -0.146. The Balaban J connectivity index is 2.53. The molecule has 16 heavy (non-hydrogen) atoms. The van der Waals surface area contributed by atoms with Gasteiger partial charge >= 0.3 is 5.97 Å². The summed E-state index contributed by atoms with van der Waals surface area (Å²) in [5, 5.41) is 19.6. The number of aliphatic carboxylic acids is 1. The third kappa shape index (κ3) is 3.25. The van der Waals surface area contributed by atoms with Crippen molar-refractivity contribution in [3.8, 4) is 0 Å². The molecule has 6 nitrogen and oxygen atoms in total. The molecule has 1 rings (SSSR count). The number of hydrogen-bond donors (Lipinski definition) is 4. The van der Waals surface area contributed by atoms with Gasteiger partial charge in [0.15, 0.2) is 6.10 Å². The van der Waals surface area contributed by atoms with Gasteiger partial charge in [-0.1, -0.05) is 0 Å². The fourth-order valence-corrected chi connectivity index (χ4v) is 1.01. The first-order valence-corrected chi connectivity index (χ1v) is 4.55. The summed E-state index contributed by atoms with van der Waals surface area (Å²) in [6.45, 7) is -0.335. The molecule has 0 heterocycles. The zero-order valence-corrected chi connectivity index (χ0v) is 8.38. The van der Waals surface area contributed by atoms with Gasteiger partial charge < -0.3 is 21.3 Å². The van der Waals surface area contributed by atoms with Gasteiger partial charge in [0.2, 0.25) is 0 Å². The Hall–Kier alpha value is -2.08. The maximum absolute atomic E-state index is 11.4. The highest BCUT2D eigenvalue weighted by Gasteiger charge is 2.14. The summed E-state index contributed by atoms with van der Waals surface area (Å²) in [5.41, 5.74) is 6.32. The Morgan fingerprint density at radius 2 is 1.88 bits per heavy atom. The molecule has 0 aliphatic rings. The average Bonchev–Trinajstić information content (AvgIpc) is 2.26. The average molecular weight is 224 g/mol. The summed E-state index contributed by atoms with van der Waals surface area (Å²) in [6.07, 6.45) is -1.60. The first kappa shape index (κ1) is 12.0. The van der Waals surface area contributed by atoms with Crippen LogP contribution in [0.1, 0.15) is 10.4 Å². The van der Waals surface area contributed by atoms with Crippen LogP contribution in [0.2, 0.25) is 0 Å². The van der Waals surface area contributed by atoms with Crippen LogP contribution in [0, 0.1) is 0 Å². The van der Waals surface area contributed by atoms with Crippen LogP contribution in [0.25, 0.3) is 0 Å². The molecule has 0 saturated carbocycles. The second kappa shape index (κ2) is 5.13. The fourth-order valence-electron chi connectivity index (χ4n) is 1.01. The molecule has 0 aromatic heterocycles. The summed E-state index contributed by atoms with van der Waals surface area (Å²) in [7, 11) is 0. The highest BCUT2D eigenvalue weighted by atomic mass is 16.4. The largest absolute Gasteiger partial charge is 0.479 e. The quantitative estimate of drug-likeness (QED) is 0.512. The van der Waals surface area contributed by atoms with Crippen LogP contribution in [-0.2, 0) is 4.79 Å². The molecular weight excluding hydrogens is 212 g/mol. The molecule has 86 valence electrons. The number of aliphatic hydroxyl groups is 1. The standard InChI is InChI=1S/C10H12N2O4/c11-7-3-1-6(2-4-7)9(14)12-5-8(13)10(15)16/h1-4,8,13H,5,11H2,(H,12,14)(H,15,16). The maximum atomic E-state index is 11.4. The van der Waals surface area contributed by atoms with E-state index in [1.807, 2.05) is 0 Å². The van der Waals surface area contributed by atoms with Crippen molar-refractivity contribution in [2.45, 2.75) is 6.10 Å². The number of carbonyl (C=O) groups is 2. The van der Waals surface area contributed by atoms with E-state index in [1.165, 1.54) is 12.1 Å². The Bertz CT molecular complexity index is 388. The van der Waals surface area contributed by atoms with Crippen molar-refractivity contribution in [2.75, 3.05) is 12.3 Å². The van der Waals surface area contributed by atoms with E-state index >= 15 is 0 Å². The zero-order valence-electron chi connectivity index (χ0n) is 8.38. The third-order valence-electron chi connectivity index (χ3n) is 1.91. The van der Waals surface area contributed by atoms with Crippen molar-refractivity contribution in [3.05, 3.63) is 29.8 Å². The molecule has 0 aliphatic heterocycles. The zero-order chi connectivity index (χ0) is 12.1. The number of carbonyl (C=O) groups excluding carboxylic acids is 1. The number of nitrogens with one attached hydrogen (secondary N) is 1. The topological polar surface area (TPSA) is 113 Å². The molecule has 0 saturated heterocycles. The predicted molar refractivity (Wildman–Crippen MR) is 56.8 cm³/mol. The lowest BCUT2D eigenvalue weighted by Crippen LogP contribution is -2.36. The van der Waals surface area contributed by atoms with Gasteiger partial charge in [-0.25, -0.2) is 4.79 Å². The van der Waals surface area contributed by atoms with Gasteiger partial charge in [0, 0.05) is 11.3 Å². The highest BCUT2D eigenvalue weighted by Crippen LogP contribution is 2.04. The van der Waals surface area contributed by atoms with Gasteiger partial charge in [-0.15, -0.1) is 0 Å². The van der Waals surface area contributed by atoms with E-state index in [1.54, 1.807) is 12.1 Å². The molecule has 1 amide bonds. The van der Waals surface area contributed by atoms with E-state index in [-0.39, 0.29) is 6.54 Å². The number of hydrogen-bond acceptors (Lipinski definition) is 4. The molecule has 0 spiro atoms. The third-order valence-corrected chi connectivity index (χ3v) is 1.91. The van der Waals surface area contributed by atoms with Gasteiger partial charge in [-0.05, 0) is 24.3 Å². The number of carboxylic acid groups (broad SMARTS) is 1. The van der Waals surface area contributed by atoms with Crippen molar-refractivity contribution < 1.29 is 19.8 Å². The van der Waals surface area contributed by atoms with E-state index in [0.29, 0.717) is 11.3 Å². The molecular formula is C10H12N2O4. The number of anilines is 1. The molecule has 0 bridgehead atoms. The number of nitrogen functional groups attached to an aromatic ring is 1. The van der Waals surface area contributed by atoms with E-state index < -0.39 is 18.0 Å². The van der Waals surface area contributed by atoms with E-state index in [9.17, 15) is 9.59 Å². The molecule has 0 aliphatic carbocycles. The minimum absolute atomic E-state index is 0.335. The second-order valence-electron chi connectivity index (χ2n) is 3.19. The Morgan fingerprint density at radius 3 is 2.38 bits per heavy atom. The normalized spacial score (nSPS) is 11.8. The summed E-state index contributed by atoms with van der Waals surface area (Å²) in [5.74, 6) is -1.84. The number of amides is 1. The first-order chi connectivity index (χ1) is 7.50. The molecule has 1 atom stereocenters. The van der Waals surface area contributed by atoms with Crippen molar-refractivity contribution in [1.29, 1.82) is 0 Å². The van der Waals surface area contributed by atoms with Crippen molar-refractivity contribution in [3.63, 3.8) is 0 Å². The Kier molecular flexibility index (Phi) is 3.84. The van der Waals surface area contributed by atoms with Crippen molar-refractivity contribution in [1.82, 2.24) is 5.32 Å². The number of benzene rings is 1. The molecule has 0 radical (unpaired) electrons. The lowest BCUT2D eigenvalue weighted by Gasteiger charge is -2.07. The minimum Gasteiger partial charge on any atom is -0.479 e. The van der Waals surface area contributed by atoms with E-state index in [2.05, 4.69) is 5.32 Å².